The summed E-state index contributed by atoms with van der Waals surface area (Å²) in [6, 6.07) is 0.229. The Morgan fingerprint density at radius 3 is 2.85 bits per heavy atom. The first-order chi connectivity index (χ1) is 6.26. The van der Waals surface area contributed by atoms with Crippen molar-refractivity contribution in [2.24, 2.45) is 0 Å². The number of hydrogen-bond donors (Lipinski definition) is 1. The van der Waals surface area contributed by atoms with Crippen LogP contribution in [0.3, 0.4) is 0 Å². The van der Waals surface area contributed by atoms with Crippen LogP contribution in [-0.4, -0.2) is 21.6 Å². The van der Waals surface area contributed by atoms with E-state index in [9.17, 15) is 0 Å². The summed E-state index contributed by atoms with van der Waals surface area (Å²) in [6.45, 7) is 4.01. The van der Waals surface area contributed by atoms with E-state index < -0.39 is 0 Å². The van der Waals surface area contributed by atoms with E-state index in [-0.39, 0.29) is 12.0 Å². The molecular formula is C7H9N5O. The highest BCUT2D eigenvalue weighted by molar-refractivity contribution is 5.30. The van der Waals surface area contributed by atoms with Crippen LogP contribution in [-0.2, 0) is 0 Å². The molecule has 6 heteroatoms. The second kappa shape index (κ2) is 4.21. The van der Waals surface area contributed by atoms with Gasteiger partial charge in [0.25, 0.3) is 0 Å². The van der Waals surface area contributed by atoms with Crippen LogP contribution in [0.1, 0.15) is 12.7 Å². The molecule has 1 heterocycles. The minimum atomic E-state index is 0.207. The zero-order valence-corrected chi connectivity index (χ0v) is 7.40. The van der Waals surface area contributed by atoms with Gasteiger partial charge in [0.1, 0.15) is 5.82 Å². The van der Waals surface area contributed by atoms with Gasteiger partial charge in [0.05, 0.1) is 6.61 Å². The van der Waals surface area contributed by atoms with Crippen molar-refractivity contribution in [1.82, 2.24) is 15.0 Å². The summed E-state index contributed by atoms with van der Waals surface area (Å²) >= 11 is 0. The molecule has 6 nitrogen and oxygen atoms in total. The Labute approximate surface area is 75.6 Å². The van der Waals surface area contributed by atoms with E-state index in [0.29, 0.717) is 12.4 Å². The third-order valence-corrected chi connectivity index (χ3v) is 1.17. The molecule has 1 N–H and O–H groups in total. The van der Waals surface area contributed by atoms with Crippen LogP contribution in [0, 0.1) is 18.4 Å². The van der Waals surface area contributed by atoms with Crippen LogP contribution in [0.2, 0.25) is 0 Å². The van der Waals surface area contributed by atoms with Gasteiger partial charge >= 0.3 is 6.01 Å². The lowest BCUT2D eigenvalue weighted by atomic mass is 10.7. The van der Waals surface area contributed by atoms with Gasteiger partial charge in [-0.1, -0.05) is 0 Å². The normalized spacial score (nSPS) is 9.00. The Bertz CT molecular complexity index is 332. The molecule has 0 amide bonds. The monoisotopic (exact) mass is 179 g/mol. The number of aryl methyl sites for hydroxylation is 1. The minimum absolute atomic E-state index is 0.207. The fraction of sp³-hybridized carbons (Fsp3) is 0.429. The number of hydrogen-bond acceptors (Lipinski definition) is 6. The molecule has 0 aromatic carbocycles. The van der Waals surface area contributed by atoms with Crippen molar-refractivity contribution >= 4 is 5.95 Å². The summed E-state index contributed by atoms with van der Waals surface area (Å²) < 4.78 is 5.06. The Morgan fingerprint density at radius 2 is 2.23 bits per heavy atom. The van der Waals surface area contributed by atoms with Crippen LogP contribution in [0.5, 0.6) is 6.01 Å². The molecule has 1 aromatic rings. The molecule has 0 aliphatic rings. The molecule has 0 spiro atoms. The topological polar surface area (TPSA) is 83.7 Å². The smallest absolute Gasteiger partial charge is 0.321 e. The Kier molecular flexibility index (Phi) is 2.97. The third kappa shape index (κ3) is 2.56. The molecular weight excluding hydrogens is 170 g/mol. The van der Waals surface area contributed by atoms with Gasteiger partial charge in [-0.05, 0) is 13.8 Å². The maximum absolute atomic E-state index is 8.33. The molecule has 1 aromatic heterocycles. The Morgan fingerprint density at radius 1 is 1.46 bits per heavy atom. The summed E-state index contributed by atoms with van der Waals surface area (Å²) in [5.41, 5.74) is 0. The van der Waals surface area contributed by atoms with Gasteiger partial charge in [-0.25, -0.2) is 0 Å². The lowest BCUT2D eigenvalue weighted by molar-refractivity contribution is 0.311. The molecule has 0 saturated carbocycles. The van der Waals surface area contributed by atoms with Gasteiger partial charge < -0.3 is 4.74 Å². The molecule has 0 saturated heterocycles. The van der Waals surface area contributed by atoms with E-state index in [1.54, 1.807) is 13.1 Å². The van der Waals surface area contributed by atoms with Crippen LogP contribution >= 0.6 is 0 Å². The van der Waals surface area contributed by atoms with Crippen molar-refractivity contribution < 1.29 is 4.74 Å². The molecule has 1 rings (SSSR count). The second-order valence-corrected chi connectivity index (χ2v) is 2.16. The van der Waals surface area contributed by atoms with Gasteiger partial charge in [-0.15, -0.1) is 0 Å². The number of ether oxygens (including phenoxy) is 1. The fourth-order valence-corrected chi connectivity index (χ4v) is 0.757. The number of nitrogens with one attached hydrogen (secondary N) is 1. The van der Waals surface area contributed by atoms with E-state index in [0.717, 1.165) is 0 Å². The number of anilines is 1. The highest BCUT2D eigenvalue weighted by Crippen LogP contribution is 2.06. The molecule has 0 unspecified atom stereocenters. The minimum Gasteiger partial charge on any atom is -0.464 e. The lowest BCUT2D eigenvalue weighted by Crippen LogP contribution is -2.04. The first kappa shape index (κ1) is 9.19. The van der Waals surface area contributed by atoms with Crippen molar-refractivity contribution in [3.8, 4) is 12.2 Å². The molecule has 0 fully saturated rings. The van der Waals surface area contributed by atoms with E-state index in [1.165, 1.54) is 0 Å². The molecule has 0 aliphatic carbocycles. The molecule has 13 heavy (non-hydrogen) atoms. The SMILES string of the molecule is CCOc1nc(C)nc(NC#N)n1. The molecule has 68 valence electrons. The zero-order chi connectivity index (χ0) is 9.68. The maximum atomic E-state index is 8.33. The quantitative estimate of drug-likeness (QED) is 0.536. The summed E-state index contributed by atoms with van der Waals surface area (Å²) in [7, 11) is 0. The van der Waals surface area contributed by atoms with Crippen molar-refractivity contribution in [2.45, 2.75) is 13.8 Å². The van der Waals surface area contributed by atoms with Gasteiger partial charge in [0.2, 0.25) is 5.95 Å². The highest BCUT2D eigenvalue weighted by Gasteiger charge is 2.02. The van der Waals surface area contributed by atoms with Crippen LogP contribution < -0.4 is 10.1 Å². The van der Waals surface area contributed by atoms with Crippen molar-refractivity contribution in [1.29, 1.82) is 5.26 Å². The summed E-state index contributed by atoms with van der Waals surface area (Å²) in [4.78, 5) is 11.6. The average Bonchev–Trinajstić information content (AvgIpc) is 2.04. The van der Waals surface area contributed by atoms with Gasteiger partial charge in [-0.2, -0.15) is 20.2 Å². The standard InChI is InChI=1S/C7H9N5O/c1-3-13-7-11-5(2)10-6(12-7)9-4-8/h3H2,1-2H3,(H,9,10,11,12). The largest absolute Gasteiger partial charge is 0.464 e. The van der Waals surface area contributed by atoms with E-state index in [4.69, 9.17) is 10.00 Å². The molecule has 0 atom stereocenters. The van der Waals surface area contributed by atoms with Crippen molar-refractivity contribution in [2.75, 3.05) is 11.9 Å². The predicted molar refractivity (Wildman–Crippen MR) is 45.0 cm³/mol. The summed E-state index contributed by atoms with van der Waals surface area (Å²) in [5, 5.41) is 10.6. The van der Waals surface area contributed by atoms with Gasteiger partial charge in [-0.3, -0.25) is 5.32 Å². The Hall–Kier alpha value is -1.90. The van der Waals surface area contributed by atoms with E-state index in [2.05, 4.69) is 20.3 Å². The number of rotatable bonds is 3. The van der Waals surface area contributed by atoms with Crippen molar-refractivity contribution in [3.05, 3.63) is 5.82 Å². The van der Waals surface area contributed by atoms with Gasteiger partial charge in [0, 0.05) is 0 Å². The fourth-order valence-electron chi connectivity index (χ4n) is 0.757. The average molecular weight is 179 g/mol. The summed E-state index contributed by atoms with van der Waals surface area (Å²) in [5.74, 6) is 0.717. The Balaban J connectivity index is 2.91. The first-order valence-electron chi connectivity index (χ1n) is 3.77. The second-order valence-electron chi connectivity index (χ2n) is 2.16. The number of aromatic nitrogens is 3. The number of nitriles is 1. The molecule has 0 bridgehead atoms. The summed E-state index contributed by atoms with van der Waals surface area (Å²) in [6.07, 6.45) is 1.72. The third-order valence-electron chi connectivity index (χ3n) is 1.17. The van der Waals surface area contributed by atoms with Crippen LogP contribution in [0.4, 0.5) is 5.95 Å². The first-order valence-corrected chi connectivity index (χ1v) is 3.77. The molecule has 0 radical (unpaired) electrons. The van der Waals surface area contributed by atoms with Crippen LogP contribution in [0.15, 0.2) is 0 Å². The lowest BCUT2D eigenvalue weighted by Gasteiger charge is -2.02. The molecule has 0 aliphatic heterocycles. The zero-order valence-electron chi connectivity index (χ0n) is 7.40. The van der Waals surface area contributed by atoms with Crippen molar-refractivity contribution in [3.63, 3.8) is 0 Å². The van der Waals surface area contributed by atoms with E-state index in [1.807, 2.05) is 6.92 Å². The predicted octanol–water partition coefficient (Wildman–Crippen LogP) is 0.472. The number of nitrogens with zero attached hydrogens (tertiary/aromatic N) is 4. The maximum Gasteiger partial charge on any atom is 0.321 e. The van der Waals surface area contributed by atoms with E-state index >= 15 is 0 Å². The van der Waals surface area contributed by atoms with Gasteiger partial charge in [0.15, 0.2) is 6.19 Å². The highest BCUT2D eigenvalue weighted by atomic mass is 16.5. The van der Waals surface area contributed by atoms with Crippen LogP contribution in [0.25, 0.3) is 0 Å².